The Morgan fingerprint density at radius 2 is 1.48 bits per heavy atom. The fourth-order valence-corrected chi connectivity index (χ4v) is 3.88. The number of rotatable bonds is 12. The minimum Gasteiger partial charge on any atom is -0.482 e. The van der Waals surface area contributed by atoms with E-state index in [4.69, 9.17) is 18.9 Å². The molecule has 2 rings (SSSR count). The summed E-state index contributed by atoms with van der Waals surface area (Å²) in [6.45, 7) is 15.9. The number of carbonyl (C=O) groups is 2. The zero-order valence-corrected chi connectivity index (χ0v) is 20.3. The molecule has 0 aromatic heterocycles. The summed E-state index contributed by atoms with van der Waals surface area (Å²) < 4.78 is 21.6. The van der Waals surface area contributed by atoms with Crippen molar-refractivity contribution in [1.82, 2.24) is 0 Å². The van der Waals surface area contributed by atoms with E-state index in [0.717, 1.165) is 31.3 Å². The summed E-state index contributed by atoms with van der Waals surface area (Å²) >= 11 is 0. The molecule has 0 spiro atoms. The van der Waals surface area contributed by atoms with E-state index in [1.165, 1.54) is 0 Å². The van der Waals surface area contributed by atoms with Gasteiger partial charge in [-0.15, -0.1) is 5.73 Å². The van der Waals surface area contributed by atoms with Crippen LogP contribution in [-0.2, 0) is 28.5 Å². The second-order valence-electron chi connectivity index (χ2n) is 9.10. The number of esters is 2. The highest BCUT2D eigenvalue weighted by molar-refractivity contribution is 5.87. The van der Waals surface area contributed by atoms with Gasteiger partial charge in [-0.3, -0.25) is 0 Å². The molecule has 180 valence electrons. The fourth-order valence-electron chi connectivity index (χ4n) is 3.88. The molecule has 1 saturated carbocycles. The third-order valence-corrected chi connectivity index (χ3v) is 6.05. The maximum atomic E-state index is 11.4. The topological polar surface area (TPSA) is 71.1 Å². The average Bonchev–Trinajstić information content (AvgIpc) is 2.79. The van der Waals surface area contributed by atoms with E-state index in [-0.39, 0.29) is 37.3 Å². The van der Waals surface area contributed by atoms with E-state index in [1.54, 1.807) is 19.9 Å². The van der Waals surface area contributed by atoms with Crippen LogP contribution in [0, 0.1) is 11.3 Å². The summed E-state index contributed by atoms with van der Waals surface area (Å²) in [7, 11) is 0. The maximum Gasteiger partial charge on any atom is 0.333 e. The van der Waals surface area contributed by atoms with Gasteiger partial charge in [-0.25, -0.2) is 9.59 Å². The second-order valence-corrected chi connectivity index (χ2v) is 9.10. The second kappa shape index (κ2) is 12.5. The van der Waals surface area contributed by atoms with Crippen LogP contribution in [0.15, 0.2) is 59.3 Å². The van der Waals surface area contributed by atoms with Crippen LogP contribution in [0.4, 0.5) is 0 Å². The van der Waals surface area contributed by atoms with Crippen LogP contribution in [0.5, 0.6) is 0 Å². The van der Waals surface area contributed by atoms with Gasteiger partial charge in [0.25, 0.3) is 0 Å². The quantitative estimate of drug-likeness (QED) is 0.179. The van der Waals surface area contributed by atoms with Crippen LogP contribution in [0.25, 0.3) is 0 Å². The van der Waals surface area contributed by atoms with Gasteiger partial charge in [0.1, 0.15) is 19.8 Å². The van der Waals surface area contributed by atoms with Gasteiger partial charge in [0.15, 0.2) is 5.76 Å². The third-order valence-electron chi connectivity index (χ3n) is 6.05. The van der Waals surface area contributed by atoms with Crippen LogP contribution in [0.1, 0.15) is 53.4 Å². The Hall–Kier alpha value is -2.78. The molecule has 6 nitrogen and oxygen atoms in total. The number of allylic oxidation sites excluding steroid dienone is 1. The Kier molecular flexibility index (Phi) is 9.99. The summed E-state index contributed by atoms with van der Waals surface area (Å²) in [5, 5.41) is 0. The van der Waals surface area contributed by atoms with Crippen molar-refractivity contribution in [3.63, 3.8) is 0 Å². The van der Waals surface area contributed by atoms with Gasteiger partial charge in [0.2, 0.25) is 0 Å². The zero-order valence-electron chi connectivity index (χ0n) is 20.3. The standard InChI is InChI=1S/C27H36O6/c1-19(2)25(28)32-17-15-30-23-11-7-21(8-12-23)27(5,6)22-9-13-24(14-10-22)31-16-18-33-26(29)20(3)4/h7,12,22,24H,1,3,9-10,13-18H2,2,4-6H3. The van der Waals surface area contributed by atoms with Crippen LogP contribution >= 0.6 is 0 Å². The van der Waals surface area contributed by atoms with Crippen LogP contribution < -0.4 is 0 Å². The Labute approximate surface area is 197 Å². The van der Waals surface area contributed by atoms with Gasteiger partial charge in [0.05, 0.1) is 12.7 Å². The molecule has 0 unspecified atom stereocenters. The lowest BCUT2D eigenvalue weighted by molar-refractivity contribution is -0.141. The molecule has 1 fully saturated rings. The lowest BCUT2D eigenvalue weighted by atomic mass is 9.66. The number of hydrogen-bond donors (Lipinski definition) is 0. The molecule has 0 aromatic carbocycles. The predicted octanol–water partition coefficient (Wildman–Crippen LogP) is 4.98. The van der Waals surface area contributed by atoms with Crippen molar-refractivity contribution in [1.29, 1.82) is 0 Å². The Bertz CT molecular complexity index is 886. The van der Waals surface area contributed by atoms with Gasteiger partial charge in [-0.05, 0) is 51.5 Å². The summed E-state index contributed by atoms with van der Waals surface area (Å²) in [5.41, 5.74) is 8.33. The van der Waals surface area contributed by atoms with E-state index in [2.05, 4.69) is 38.5 Å². The van der Waals surface area contributed by atoms with Crippen LogP contribution in [0.3, 0.4) is 0 Å². The van der Waals surface area contributed by atoms with E-state index in [1.807, 2.05) is 6.08 Å². The maximum absolute atomic E-state index is 11.4. The third kappa shape index (κ3) is 8.25. The monoisotopic (exact) mass is 456 g/mol. The molecule has 0 aliphatic heterocycles. The van der Waals surface area contributed by atoms with Crippen molar-refractivity contribution < 1.29 is 28.5 Å². The molecule has 0 heterocycles. The van der Waals surface area contributed by atoms with Crippen molar-refractivity contribution in [3.8, 4) is 0 Å². The molecular weight excluding hydrogens is 420 g/mol. The minimum absolute atomic E-state index is 0.0476. The van der Waals surface area contributed by atoms with Gasteiger partial charge in [-0.2, -0.15) is 0 Å². The summed E-state index contributed by atoms with van der Waals surface area (Å²) in [6, 6.07) is 0. The minimum atomic E-state index is -0.419. The number of ether oxygens (including phenoxy) is 4. The first kappa shape index (κ1) is 26.5. The highest BCUT2D eigenvalue weighted by Gasteiger charge is 2.35. The molecule has 0 amide bonds. The van der Waals surface area contributed by atoms with Crippen LogP contribution in [-0.4, -0.2) is 44.5 Å². The average molecular weight is 457 g/mol. The van der Waals surface area contributed by atoms with Gasteiger partial charge in [0, 0.05) is 28.2 Å². The largest absolute Gasteiger partial charge is 0.482 e. The molecule has 6 heteroatoms. The molecule has 0 atom stereocenters. The lowest BCUT2D eigenvalue weighted by Crippen LogP contribution is -2.32. The first-order valence-corrected chi connectivity index (χ1v) is 11.4. The smallest absolute Gasteiger partial charge is 0.333 e. The van der Waals surface area contributed by atoms with Gasteiger partial charge in [-0.1, -0.05) is 32.7 Å². The Morgan fingerprint density at radius 1 is 0.909 bits per heavy atom. The normalized spacial score (nSPS) is 19.9. The van der Waals surface area contributed by atoms with E-state index < -0.39 is 5.97 Å². The van der Waals surface area contributed by atoms with E-state index in [0.29, 0.717) is 29.4 Å². The van der Waals surface area contributed by atoms with Gasteiger partial charge >= 0.3 is 11.9 Å². The lowest BCUT2D eigenvalue weighted by Gasteiger charge is -2.39. The SMILES string of the molecule is C=C(C)C(=O)OCCOC1=C=CC(C(C)(C)C2CCC(OCCOC(=O)C(=C)C)CC2)=C=C1. The van der Waals surface area contributed by atoms with Crippen molar-refractivity contribution in [3.05, 3.63) is 59.3 Å². The predicted molar refractivity (Wildman–Crippen MR) is 126 cm³/mol. The fraction of sp³-hybridized carbons (Fsp3) is 0.556. The number of carbonyl (C=O) groups excluding carboxylic acids is 2. The molecular formula is C27H36O6. The highest BCUT2D eigenvalue weighted by atomic mass is 16.6. The Morgan fingerprint density at radius 3 is 2.00 bits per heavy atom. The molecule has 0 aromatic rings. The molecule has 0 N–H and O–H groups in total. The van der Waals surface area contributed by atoms with Gasteiger partial charge < -0.3 is 18.9 Å². The van der Waals surface area contributed by atoms with Crippen molar-refractivity contribution in [2.75, 3.05) is 26.4 Å². The zero-order chi connectivity index (χ0) is 24.4. The Balaban J connectivity index is 1.75. The highest BCUT2D eigenvalue weighted by Crippen LogP contribution is 2.44. The molecule has 2 aliphatic rings. The van der Waals surface area contributed by atoms with Crippen molar-refractivity contribution in [2.24, 2.45) is 11.3 Å². The molecule has 2 aliphatic carbocycles. The summed E-state index contributed by atoms with van der Waals surface area (Å²) in [4.78, 5) is 22.8. The van der Waals surface area contributed by atoms with Crippen molar-refractivity contribution in [2.45, 2.75) is 59.5 Å². The van der Waals surface area contributed by atoms with E-state index in [9.17, 15) is 9.59 Å². The molecule has 0 bridgehead atoms. The molecule has 33 heavy (non-hydrogen) atoms. The first-order valence-electron chi connectivity index (χ1n) is 11.4. The number of hydrogen-bond acceptors (Lipinski definition) is 6. The first-order chi connectivity index (χ1) is 15.6. The summed E-state index contributed by atoms with van der Waals surface area (Å²) in [6.07, 6.45) is 8.01. The molecule has 0 radical (unpaired) electrons. The van der Waals surface area contributed by atoms with Crippen molar-refractivity contribution >= 4 is 11.9 Å². The summed E-state index contributed by atoms with van der Waals surface area (Å²) in [5.74, 6) is 0.291. The molecule has 0 saturated heterocycles. The van der Waals surface area contributed by atoms with Crippen LogP contribution in [0.2, 0.25) is 0 Å². The van der Waals surface area contributed by atoms with E-state index >= 15 is 0 Å².